The lowest BCUT2D eigenvalue weighted by Crippen LogP contribution is -2.40. The summed E-state index contributed by atoms with van der Waals surface area (Å²) >= 11 is 0. The first kappa shape index (κ1) is 18.6. The number of carbonyl (C=O) groups excluding carboxylic acids is 1. The molecule has 0 aliphatic rings. The lowest BCUT2D eigenvalue weighted by molar-refractivity contribution is 0.0935. The van der Waals surface area contributed by atoms with Crippen molar-refractivity contribution < 1.29 is 4.79 Å². The van der Waals surface area contributed by atoms with Crippen LogP contribution >= 0.6 is 0 Å². The van der Waals surface area contributed by atoms with Crippen molar-refractivity contribution in [2.24, 2.45) is 0 Å². The molecule has 2 aromatic heterocycles. The SMILES string of the molecule is C[C@@H](NC(=O)c1cnc2ccccn2c1=O)C(c1ccccc1)c1ccccc1. The molecule has 4 rings (SSSR count). The molecule has 5 nitrogen and oxygen atoms in total. The zero-order valence-electron chi connectivity index (χ0n) is 16.0. The summed E-state index contributed by atoms with van der Waals surface area (Å²) < 4.78 is 1.38. The lowest BCUT2D eigenvalue weighted by Gasteiger charge is -2.26. The largest absolute Gasteiger partial charge is 0.348 e. The van der Waals surface area contributed by atoms with E-state index in [4.69, 9.17) is 0 Å². The van der Waals surface area contributed by atoms with Gasteiger partial charge in [0, 0.05) is 24.4 Å². The maximum Gasteiger partial charge on any atom is 0.270 e. The van der Waals surface area contributed by atoms with Gasteiger partial charge in [0.1, 0.15) is 11.2 Å². The third-order valence-electron chi connectivity index (χ3n) is 5.03. The molecule has 0 saturated heterocycles. The van der Waals surface area contributed by atoms with Crippen molar-refractivity contribution in [3.63, 3.8) is 0 Å². The van der Waals surface area contributed by atoms with Crippen LogP contribution in [-0.2, 0) is 0 Å². The van der Waals surface area contributed by atoms with Crippen molar-refractivity contribution >= 4 is 11.6 Å². The molecule has 4 aromatic rings. The second-order valence-corrected chi connectivity index (χ2v) is 6.97. The van der Waals surface area contributed by atoms with Crippen molar-refractivity contribution in [2.45, 2.75) is 18.9 Å². The van der Waals surface area contributed by atoms with E-state index in [1.54, 1.807) is 24.4 Å². The molecule has 0 saturated carbocycles. The summed E-state index contributed by atoms with van der Waals surface area (Å²) in [5.41, 5.74) is 2.35. The first-order valence-electron chi connectivity index (χ1n) is 9.52. The summed E-state index contributed by atoms with van der Waals surface area (Å²) in [5.74, 6) is -0.470. The van der Waals surface area contributed by atoms with Gasteiger partial charge in [-0.15, -0.1) is 0 Å². The summed E-state index contributed by atoms with van der Waals surface area (Å²) in [5, 5.41) is 3.01. The highest BCUT2D eigenvalue weighted by atomic mass is 16.2. The van der Waals surface area contributed by atoms with Crippen molar-refractivity contribution in [1.29, 1.82) is 0 Å². The van der Waals surface area contributed by atoms with Gasteiger partial charge in [-0.3, -0.25) is 14.0 Å². The number of aromatic nitrogens is 2. The van der Waals surface area contributed by atoms with E-state index in [9.17, 15) is 9.59 Å². The van der Waals surface area contributed by atoms with E-state index in [1.807, 2.05) is 67.6 Å². The number of rotatable bonds is 5. The Bertz CT molecular complexity index is 1150. The maximum absolute atomic E-state index is 12.9. The zero-order chi connectivity index (χ0) is 20.2. The van der Waals surface area contributed by atoms with E-state index >= 15 is 0 Å². The Labute approximate surface area is 168 Å². The van der Waals surface area contributed by atoms with Gasteiger partial charge in [-0.1, -0.05) is 66.7 Å². The predicted molar refractivity (Wildman–Crippen MR) is 113 cm³/mol. The quantitative estimate of drug-likeness (QED) is 0.572. The van der Waals surface area contributed by atoms with Gasteiger partial charge >= 0.3 is 0 Å². The molecule has 0 unspecified atom stereocenters. The van der Waals surface area contributed by atoms with Gasteiger partial charge in [0.05, 0.1) is 0 Å². The van der Waals surface area contributed by atoms with Crippen LogP contribution < -0.4 is 10.9 Å². The summed E-state index contributed by atoms with van der Waals surface area (Å²) in [7, 11) is 0. The minimum Gasteiger partial charge on any atom is -0.348 e. The molecular weight excluding hydrogens is 362 g/mol. The van der Waals surface area contributed by atoms with Gasteiger partial charge in [0.2, 0.25) is 0 Å². The van der Waals surface area contributed by atoms with Crippen LogP contribution in [0, 0.1) is 0 Å². The van der Waals surface area contributed by atoms with Crippen LogP contribution in [0.25, 0.3) is 5.65 Å². The topological polar surface area (TPSA) is 63.5 Å². The number of nitrogens with one attached hydrogen (secondary N) is 1. The van der Waals surface area contributed by atoms with Crippen LogP contribution in [0.4, 0.5) is 0 Å². The monoisotopic (exact) mass is 383 g/mol. The number of amides is 1. The van der Waals surface area contributed by atoms with Gasteiger partial charge in [-0.2, -0.15) is 0 Å². The standard InChI is InChI=1S/C24H21N3O2/c1-17(22(18-10-4-2-5-11-18)19-12-6-3-7-13-19)26-23(28)20-16-25-21-14-8-9-15-27(21)24(20)29/h2-17,22H,1H3,(H,26,28)/t17-/m1/s1. The Kier molecular flexibility index (Phi) is 5.20. The second kappa shape index (κ2) is 8.10. The minimum atomic E-state index is -0.426. The number of benzene rings is 2. The zero-order valence-corrected chi connectivity index (χ0v) is 16.0. The van der Waals surface area contributed by atoms with Crippen LogP contribution in [0.5, 0.6) is 0 Å². The molecule has 29 heavy (non-hydrogen) atoms. The summed E-state index contributed by atoms with van der Waals surface area (Å²) in [6.45, 7) is 1.95. The van der Waals surface area contributed by atoms with Crippen molar-refractivity contribution in [3.8, 4) is 0 Å². The third-order valence-corrected chi connectivity index (χ3v) is 5.03. The van der Waals surface area contributed by atoms with E-state index in [1.165, 1.54) is 10.6 Å². The van der Waals surface area contributed by atoms with Crippen LogP contribution in [0.15, 0.2) is 96.1 Å². The van der Waals surface area contributed by atoms with Gasteiger partial charge < -0.3 is 5.32 Å². The Morgan fingerprint density at radius 2 is 1.48 bits per heavy atom. The van der Waals surface area contributed by atoms with Crippen molar-refractivity contribution in [1.82, 2.24) is 14.7 Å². The van der Waals surface area contributed by atoms with Gasteiger partial charge in [-0.05, 0) is 30.2 Å². The molecule has 0 bridgehead atoms. The summed E-state index contributed by atoms with van der Waals surface area (Å²) in [6.07, 6.45) is 2.96. The predicted octanol–water partition coefficient (Wildman–Crippen LogP) is 3.64. The van der Waals surface area contributed by atoms with Crippen LogP contribution in [0.1, 0.15) is 34.3 Å². The minimum absolute atomic E-state index is 0.0282. The molecule has 144 valence electrons. The van der Waals surface area contributed by atoms with E-state index < -0.39 is 5.91 Å². The fraction of sp³-hybridized carbons (Fsp3) is 0.125. The second-order valence-electron chi connectivity index (χ2n) is 6.97. The van der Waals surface area contributed by atoms with E-state index in [0.717, 1.165) is 11.1 Å². The fourth-order valence-electron chi connectivity index (χ4n) is 3.64. The third kappa shape index (κ3) is 3.80. The van der Waals surface area contributed by atoms with Gasteiger partial charge in [0.25, 0.3) is 11.5 Å². The average molecular weight is 383 g/mol. The highest BCUT2D eigenvalue weighted by Gasteiger charge is 2.24. The lowest BCUT2D eigenvalue weighted by atomic mass is 9.85. The average Bonchev–Trinajstić information content (AvgIpc) is 2.76. The number of hydrogen-bond acceptors (Lipinski definition) is 3. The van der Waals surface area contributed by atoms with Crippen LogP contribution in [0.2, 0.25) is 0 Å². The molecule has 1 amide bonds. The van der Waals surface area contributed by atoms with Crippen LogP contribution in [0.3, 0.4) is 0 Å². The van der Waals surface area contributed by atoms with E-state index in [0.29, 0.717) is 5.65 Å². The maximum atomic E-state index is 12.9. The number of nitrogens with zero attached hydrogens (tertiary/aromatic N) is 2. The molecule has 1 atom stereocenters. The van der Waals surface area contributed by atoms with E-state index in [2.05, 4.69) is 10.3 Å². The smallest absolute Gasteiger partial charge is 0.270 e. The summed E-state index contributed by atoms with van der Waals surface area (Å²) in [6, 6.07) is 25.1. The Morgan fingerprint density at radius 3 is 2.10 bits per heavy atom. The number of pyridine rings is 1. The molecule has 5 heteroatoms. The number of carbonyl (C=O) groups is 1. The molecule has 0 spiro atoms. The molecule has 0 aliphatic carbocycles. The highest BCUT2D eigenvalue weighted by molar-refractivity contribution is 5.94. The van der Waals surface area contributed by atoms with Crippen molar-refractivity contribution in [3.05, 3.63) is 118 Å². The Morgan fingerprint density at radius 1 is 0.897 bits per heavy atom. The fourth-order valence-corrected chi connectivity index (χ4v) is 3.64. The first-order valence-corrected chi connectivity index (χ1v) is 9.52. The van der Waals surface area contributed by atoms with Gasteiger partial charge in [-0.25, -0.2) is 4.98 Å². The Balaban J connectivity index is 1.66. The Hall–Kier alpha value is -3.73. The van der Waals surface area contributed by atoms with Crippen molar-refractivity contribution in [2.75, 3.05) is 0 Å². The normalized spacial score (nSPS) is 12.1. The van der Waals surface area contributed by atoms with Crippen LogP contribution in [-0.4, -0.2) is 21.3 Å². The summed E-state index contributed by atoms with van der Waals surface area (Å²) in [4.78, 5) is 29.9. The molecule has 2 aromatic carbocycles. The highest BCUT2D eigenvalue weighted by Crippen LogP contribution is 2.28. The number of hydrogen-bond donors (Lipinski definition) is 1. The molecule has 1 N–H and O–H groups in total. The first-order chi connectivity index (χ1) is 14.1. The molecule has 2 heterocycles. The number of fused-ring (bicyclic) bond motifs is 1. The van der Waals surface area contributed by atoms with Gasteiger partial charge in [0.15, 0.2) is 0 Å². The molecular formula is C24H21N3O2. The molecule has 0 fully saturated rings. The molecule has 0 radical (unpaired) electrons. The van der Waals surface area contributed by atoms with E-state index in [-0.39, 0.29) is 23.1 Å². The molecule has 0 aliphatic heterocycles.